The lowest BCUT2D eigenvalue weighted by Gasteiger charge is -2.32. The van der Waals surface area contributed by atoms with Crippen molar-refractivity contribution in [3.63, 3.8) is 0 Å². The zero-order valence-electron chi connectivity index (χ0n) is 14.8. The molecule has 0 aliphatic carbocycles. The molecule has 0 saturated carbocycles. The number of para-hydroxylation sites is 1. The fourth-order valence-electron chi connectivity index (χ4n) is 3.69. The number of nitrogens with zero attached hydrogens (tertiary/aromatic N) is 3. The van der Waals surface area contributed by atoms with Gasteiger partial charge in [-0.15, -0.1) is 0 Å². The van der Waals surface area contributed by atoms with Crippen LogP contribution in [0.1, 0.15) is 25.3 Å². The van der Waals surface area contributed by atoms with E-state index in [-0.39, 0.29) is 5.75 Å². The Morgan fingerprint density at radius 1 is 1.15 bits per heavy atom. The van der Waals surface area contributed by atoms with E-state index >= 15 is 0 Å². The molecule has 130 valence electrons. The van der Waals surface area contributed by atoms with Gasteiger partial charge in [0.1, 0.15) is 11.8 Å². The van der Waals surface area contributed by atoms with Gasteiger partial charge in [-0.3, -0.25) is 4.98 Å². The Morgan fingerprint density at radius 3 is 2.73 bits per heavy atom. The summed E-state index contributed by atoms with van der Waals surface area (Å²) in [5, 5.41) is 20.7. The van der Waals surface area contributed by atoms with Gasteiger partial charge in [0.25, 0.3) is 0 Å². The maximum Gasteiger partial charge on any atom is 0.141 e. The average molecular weight is 343 g/mol. The molecule has 3 aromatic rings. The summed E-state index contributed by atoms with van der Waals surface area (Å²) in [5.74, 6) is 0.812. The zero-order valence-corrected chi connectivity index (χ0v) is 14.8. The van der Waals surface area contributed by atoms with Crippen molar-refractivity contribution in [1.29, 1.82) is 5.26 Å². The van der Waals surface area contributed by atoms with E-state index in [9.17, 15) is 10.4 Å². The van der Waals surface area contributed by atoms with E-state index < -0.39 is 0 Å². The summed E-state index contributed by atoms with van der Waals surface area (Å²) in [7, 11) is 0. The summed E-state index contributed by atoms with van der Waals surface area (Å²) in [4.78, 5) is 6.93. The largest absolute Gasteiger partial charge is 0.506 e. The second kappa shape index (κ2) is 6.68. The first kappa shape index (κ1) is 16.4. The van der Waals surface area contributed by atoms with Gasteiger partial charge < -0.3 is 10.0 Å². The molecule has 0 radical (unpaired) electrons. The zero-order chi connectivity index (χ0) is 18.1. The maximum atomic E-state index is 10.4. The second-order valence-electron chi connectivity index (χ2n) is 7.05. The molecule has 0 unspecified atom stereocenters. The van der Waals surface area contributed by atoms with Crippen molar-refractivity contribution in [2.45, 2.75) is 19.8 Å². The molecule has 0 spiro atoms. The number of hydrogen-bond acceptors (Lipinski definition) is 4. The third kappa shape index (κ3) is 2.86. The van der Waals surface area contributed by atoms with Crippen molar-refractivity contribution in [2.75, 3.05) is 18.0 Å². The van der Waals surface area contributed by atoms with Gasteiger partial charge in [0.2, 0.25) is 0 Å². The molecule has 1 fully saturated rings. The van der Waals surface area contributed by atoms with Crippen LogP contribution in [0.3, 0.4) is 0 Å². The first-order valence-corrected chi connectivity index (χ1v) is 9.03. The van der Waals surface area contributed by atoms with Crippen molar-refractivity contribution >= 4 is 16.6 Å². The lowest BCUT2D eigenvalue weighted by molar-refractivity contribution is 0.439. The number of fused-ring (bicyclic) bond motifs is 1. The summed E-state index contributed by atoms with van der Waals surface area (Å²) in [6.07, 6.45) is 4.27. The van der Waals surface area contributed by atoms with Crippen molar-refractivity contribution in [1.82, 2.24) is 4.98 Å². The highest BCUT2D eigenvalue weighted by Gasteiger charge is 2.18. The minimum Gasteiger partial charge on any atom is -0.506 e. The van der Waals surface area contributed by atoms with Crippen molar-refractivity contribution in [3.05, 3.63) is 54.2 Å². The van der Waals surface area contributed by atoms with Gasteiger partial charge in [0.15, 0.2) is 0 Å². The molecule has 2 aromatic carbocycles. The topological polar surface area (TPSA) is 60.2 Å². The fourth-order valence-corrected chi connectivity index (χ4v) is 3.69. The number of piperidine rings is 1. The predicted octanol–water partition coefficient (Wildman–Crippen LogP) is 4.72. The van der Waals surface area contributed by atoms with Crippen molar-refractivity contribution < 1.29 is 5.11 Å². The smallest absolute Gasteiger partial charge is 0.141 e. The number of hydrogen-bond donors (Lipinski definition) is 1. The molecule has 4 rings (SSSR count). The summed E-state index contributed by atoms with van der Waals surface area (Å²) in [5.41, 5.74) is 4.00. The molecular formula is C22H21N3O. The SMILES string of the molecule is CC1CCN(c2ccnc3ccc(-c4cccc(C#N)c4O)cc23)CC1. The van der Waals surface area contributed by atoms with Crippen LogP contribution in [0.4, 0.5) is 5.69 Å². The minimum absolute atomic E-state index is 0.0339. The summed E-state index contributed by atoms with van der Waals surface area (Å²) >= 11 is 0. The Kier molecular flexibility index (Phi) is 4.22. The second-order valence-corrected chi connectivity index (χ2v) is 7.05. The van der Waals surface area contributed by atoms with Crippen molar-refractivity contribution in [3.8, 4) is 22.9 Å². The molecule has 1 saturated heterocycles. The summed E-state index contributed by atoms with van der Waals surface area (Å²) in [6.45, 7) is 4.42. The number of pyridine rings is 1. The van der Waals surface area contributed by atoms with Gasteiger partial charge in [0.05, 0.1) is 11.1 Å². The number of rotatable bonds is 2. The van der Waals surface area contributed by atoms with Gasteiger partial charge in [-0.2, -0.15) is 5.26 Å². The Balaban J connectivity index is 1.82. The molecule has 0 atom stereocenters. The quantitative estimate of drug-likeness (QED) is 0.732. The van der Waals surface area contributed by atoms with Crippen LogP contribution in [-0.4, -0.2) is 23.2 Å². The number of nitriles is 1. The molecular weight excluding hydrogens is 322 g/mol. The Bertz CT molecular complexity index is 998. The Hall–Kier alpha value is -3.06. The number of aromatic hydroxyl groups is 1. The molecule has 4 nitrogen and oxygen atoms in total. The normalized spacial score (nSPS) is 15.2. The third-order valence-corrected chi connectivity index (χ3v) is 5.31. The molecule has 1 aromatic heterocycles. The predicted molar refractivity (Wildman–Crippen MR) is 104 cm³/mol. The first-order chi connectivity index (χ1) is 12.7. The van der Waals surface area contributed by atoms with E-state index in [0.29, 0.717) is 11.1 Å². The lowest BCUT2D eigenvalue weighted by atomic mass is 9.97. The monoisotopic (exact) mass is 343 g/mol. The molecule has 0 bridgehead atoms. The van der Waals surface area contributed by atoms with Crippen molar-refractivity contribution in [2.24, 2.45) is 5.92 Å². The van der Waals surface area contributed by atoms with Gasteiger partial charge in [0, 0.05) is 35.9 Å². The highest BCUT2D eigenvalue weighted by molar-refractivity contribution is 5.95. The van der Waals surface area contributed by atoms with Gasteiger partial charge in [-0.1, -0.05) is 25.1 Å². The van der Waals surface area contributed by atoms with E-state index in [2.05, 4.69) is 28.9 Å². The van der Waals surface area contributed by atoms with Crippen LogP contribution in [0.5, 0.6) is 5.75 Å². The minimum atomic E-state index is 0.0339. The standard InChI is InChI=1S/C22H21N3O/c1-15-8-11-25(12-9-15)21-7-10-24-20-6-5-16(13-19(20)21)18-4-2-3-17(14-23)22(18)26/h2-7,10,13,15,26H,8-9,11-12H2,1H3. The van der Waals surface area contributed by atoms with E-state index in [1.807, 2.05) is 30.5 Å². The molecule has 1 N–H and O–H groups in total. The Labute approximate surface area is 153 Å². The molecule has 1 aliphatic heterocycles. The third-order valence-electron chi connectivity index (χ3n) is 5.31. The van der Waals surface area contributed by atoms with E-state index in [1.165, 1.54) is 18.5 Å². The van der Waals surface area contributed by atoms with Crippen LogP contribution in [0.2, 0.25) is 0 Å². The van der Waals surface area contributed by atoms with Crippen LogP contribution in [0.15, 0.2) is 48.7 Å². The highest BCUT2D eigenvalue weighted by Crippen LogP contribution is 2.36. The molecule has 1 aliphatic rings. The van der Waals surface area contributed by atoms with Crippen LogP contribution in [0.25, 0.3) is 22.0 Å². The van der Waals surface area contributed by atoms with Crippen LogP contribution >= 0.6 is 0 Å². The lowest BCUT2D eigenvalue weighted by Crippen LogP contribution is -2.32. The number of phenols is 1. The number of aromatic nitrogens is 1. The Morgan fingerprint density at radius 2 is 1.96 bits per heavy atom. The van der Waals surface area contributed by atoms with E-state index in [4.69, 9.17) is 0 Å². The molecule has 26 heavy (non-hydrogen) atoms. The number of benzene rings is 2. The number of anilines is 1. The summed E-state index contributed by atoms with van der Waals surface area (Å²) in [6, 6.07) is 15.4. The maximum absolute atomic E-state index is 10.4. The van der Waals surface area contributed by atoms with Crippen LogP contribution in [0, 0.1) is 17.2 Å². The first-order valence-electron chi connectivity index (χ1n) is 9.03. The van der Waals surface area contributed by atoms with Gasteiger partial charge >= 0.3 is 0 Å². The van der Waals surface area contributed by atoms with Gasteiger partial charge in [-0.25, -0.2) is 0 Å². The average Bonchev–Trinajstić information content (AvgIpc) is 2.68. The van der Waals surface area contributed by atoms with Crippen LogP contribution in [-0.2, 0) is 0 Å². The van der Waals surface area contributed by atoms with E-state index in [0.717, 1.165) is 35.5 Å². The fraction of sp³-hybridized carbons (Fsp3) is 0.273. The highest BCUT2D eigenvalue weighted by atomic mass is 16.3. The summed E-state index contributed by atoms with van der Waals surface area (Å²) < 4.78 is 0. The molecule has 0 amide bonds. The van der Waals surface area contributed by atoms with E-state index in [1.54, 1.807) is 12.1 Å². The molecule has 2 heterocycles. The number of phenolic OH excluding ortho intramolecular Hbond substituents is 1. The van der Waals surface area contributed by atoms with Gasteiger partial charge in [-0.05, 0) is 48.6 Å². The molecule has 4 heteroatoms. The van der Waals surface area contributed by atoms with Crippen LogP contribution < -0.4 is 4.90 Å².